The van der Waals surface area contributed by atoms with Gasteiger partial charge in [0.2, 0.25) is 0 Å². The molecule has 1 aromatic heterocycles. The lowest BCUT2D eigenvalue weighted by Crippen LogP contribution is -2.45. The molecular formula is C14H17ClF3N5O. The maximum Gasteiger partial charge on any atom is 0.418 e. The first-order chi connectivity index (χ1) is 10.6. The van der Waals surface area contributed by atoms with Crippen molar-refractivity contribution in [1.82, 2.24) is 20.3 Å². The summed E-state index contributed by atoms with van der Waals surface area (Å²) >= 11 is 0. The molecule has 6 nitrogen and oxygen atoms in total. The third-order valence-electron chi connectivity index (χ3n) is 2.89. The molecule has 1 aromatic carbocycles. The average molecular weight is 364 g/mol. The largest absolute Gasteiger partial charge is 0.418 e. The zero-order valence-electron chi connectivity index (χ0n) is 13.0. The first-order valence-electron chi connectivity index (χ1n) is 6.74. The minimum absolute atomic E-state index is 0. The molecule has 0 aliphatic carbocycles. The van der Waals surface area contributed by atoms with Gasteiger partial charge in [-0.05, 0) is 26.0 Å². The van der Waals surface area contributed by atoms with Gasteiger partial charge >= 0.3 is 6.18 Å². The van der Waals surface area contributed by atoms with Crippen molar-refractivity contribution < 1.29 is 18.0 Å². The van der Waals surface area contributed by atoms with Crippen molar-refractivity contribution >= 4 is 18.3 Å². The van der Waals surface area contributed by atoms with Crippen molar-refractivity contribution in [3.63, 3.8) is 0 Å². The maximum atomic E-state index is 13.0. The summed E-state index contributed by atoms with van der Waals surface area (Å²) in [6.45, 7) is 3.64. The molecule has 2 aromatic rings. The molecule has 0 aliphatic heterocycles. The second-order valence-corrected chi connectivity index (χ2v) is 5.73. The second kappa shape index (κ2) is 7.18. The van der Waals surface area contributed by atoms with Crippen LogP contribution < -0.4 is 11.1 Å². The number of aromatic nitrogens is 3. The number of benzene rings is 1. The minimum atomic E-state index is -4.53. The van der Waals surface area contributed by atoms with Gasteiger partial charge in [-0.15, -0.1) is 17.5 Å². The van der Waals surface area contributed by atoms with Crippen LogP contribution in [-0.4, -0.2) is 33.0 Å². The van der Waals surface area contributed by atoms with Crippen LogP contribution in [0.25, 0.3) is 5.69 Å². The van der Waals surface area contributed by atoms with Gasteiger partial charge < -0.3 is 11.1 Å². The molecule has 2 rings (SSSR count). The van der Waals surface area contributed by atoms with Crippen LogP contribution in [0.4, 0.5) is 13.2 Å². The lowest BCUT2D eigenvalue weighted by molar-refractivity contribution is -0.137. The highest BCUT2D eigenvalue weighted by atomic mass is 35.5. The van der Waals surface area contributed by atoms with Crippen LogP contribution >= 0.6 is 12.4 Å². The Labute approximate surface area is 142 Å². The van der Waals surface area contributed by atoms with E-state index in [-0.39, 0.29) is 30.3 Å². The van der Waals surface area contributed by atoms with E-state index in [1.54, 1.807) is 13.8 Å². The van der Waals surface area contributed by atoms with Crippen molar-refractivity contribution in [3.8, 4) is 5.69 Å². The topological polar surface area (TPSA) is 85.8 Å². The standard InChI is InChI=1S/C14H16F3N5O.ClH/c1-13(2,18)8-19-12(23)10-7-22(21-20-10)11-6-4-3-5-9(11)14(15,16)17;/h3-7H,8,18H2,1-2H3,(H,19,23);1H. The highest BCUT2D eigenvalue weighted by Crippen LogP contribution is 2.33. The summed E-state index contributed by atoms with van der Waals surface area (Å²) in [5, 5.41) is 9.76. The van der Waals surface area contributed by atoms with Crippen molar-refractivity contribution in [1.29, 1.82) is 0 Å². The first-order valence-corrected chi connectivity index (χ1v) is 6.74. The van der Waals surface area contributed by atoms with Gasteiger partial charge in [-0.25, -0.2) is 4.68 Å². The highest BCUT2D eigenvalue weighted by molar-refractivity contribution is 5.92. The van der Waals surface area contributed by atoms with E-state index in [1.807, 2.05) is 0 Å². The molecule has 0 atom stereocenters. The molecule has 0 fully saturated rings. The first kappa shape index (κ1) is 19.9. The number of carbonyl (C=O) groups is 1. The summed E-state index contributed by atoms with van der Waals surface area (Å²) in [6.07, 6.45) is -3.39. The fourth-order valence-corrected chi connectivity index (χ4v) is 1.80. The Kier molecular flexibility index (Phi) is 5.96. The van der Waals surface area contributed by atoms with E-state index in [9.17, 15) is 18.0 Å². The van der Waals surface area contributed by atoms with E-state index in [1.165, 1.54) is 18.2 Å². The number of nitrogens with one attached hydrogen (secondary N) is 1. The molecule has 1 amide bonds. The Morgan fingerprint density at radius 1 is 1.29 bits per heavy atom. The lowest BCUT2D eigenvalue weighted by Gasteiger charge is -2.18. The Morgan fingerprint density at radius 3 is 2.50 bits per heavy atom. The molecule has 0 radical (unpaired) electrons. The summed E-state index contributed by atoms with van der Waals surface area (Å²) in [6, 6.07) is 4.92. The molecule has 0 unspecified atom stereocenters. The number of rotatable bonds is 4. The van der Waals surface area contributed by atoms with Crippen LogP contribution in [0.2, 0.25) is 0 Å². The zero-order valence-corrected chi connectivity index (χ0v) is 13.8. The van der Waals surface area contributed by atoms with E-state index in [2.05, 4.69) is 15.6 Å². The van der Waals surface area contributed by atoms with Crippen LogP contribution in [0.15, 0.2) is 30.5 Å². The lowest BCUT2D eigenvalue weighted by atomic mass is 10.1. The SMILES string of the molecule is CC(C)(N)CNC(=O)c1cn(-c2ccccc2C(F)(F)F)nn1.Cl. The van der Waals surface area contributed by atoms with Gasteiger partial charge in [-0.2, -0.15) is 13.2 Å². The van der Waals surface area contributed by atoms with Crippen molar-refractivity contribution in [2.24, 2.45) is 5.73 Å². The van der Waals surface area contributed by atoms with Gasteiger partial charge in [0, 0.05) is 12.1 Å². The number of hydrogen-bond donors (Lipinski definition) is 2. The quantitative estimate of drug-likeness (QED) is 0.871. The fourth-order valence-electron chi connectivity index (χ4n) is 1.80. The molecule has 0 bridgehead atoms. The van der Waals surface area contributed by atoms with Crippen LogP contribution in [0, 0.1) is 0 Å². The molecular weight excluding hydrogens is 347 g/mol. The zero-order chi connectivity index (χ0) is 17.3. The van der Waals surface area contributed by atoms with E-state index in [0.717, 1.165) is 16.9 Å². The van der Waals surface area contributed by atoms with Crippen LogP contribution in [0.3, 0.4) is 0 Å². The van der Waals surface area contributed by atoms with Gasteiger partial charge in [0.25, 0.3) is 5.91 Å². The van der Waals surface area contributed by atoms with Crippen LogP contribution in [-0.2, 0) is 6.18 Å². The van der Waals surface area contributed by atoms with Gasteiger partial charge in [-0.1, -0.05) is 17.3 Å². The normalized spacial score (nSPS) is 11.8. The van der Waals surface area contributed by atoms with E-state index < -0.39 is 23.2 Å². The number of amides is 1. The smallest absolute Gasteiger partial charge is 0.349 e. The number of nitrogens with zero attached hydrogens (tertiary/aromatic N) is 3. The number of halogens is 4. The molecule has 10 heteroatoms. The van der Waals surface area contributed by atoms with E-state index in [0.29, 0.717) is 0 Å². The molecule has 1 heterocycles. The molecule has 0 saturated carbocycles. The number of alkyl halides is 3. The maximum absolute atomic E-state index is 13.0. The number of nitrogens with two attached hydrogens (primary N) is 1. The van der Waals surface area contributed by atoms with Crippen molar-refractivity contribution in [2.45, 2.75) is 25.6 Å². The molecule has 132 valence electrons. The van der Waals surface area contributed by atoms with E-state index >= 15 is 0 Å². The van der Waals surface area contributed by atoms with E-state index in [4.69, 9.17) is 5.73 Å². The Morgan fingerprint density at radius 2 is 1.92 bits per heavy atom. The number of hydrogen-bond acceptors (Lipinski definition) is 4. The minimum Gasteiger partial charge on any atom is -0.349 e. The molecule has 3 N–H and O–H groups in total. The molecule has 0 spiro atoms. The van der Waals surface area contributed by atoms with Gasteiger partial charge in [0.1, 0.15) is 0 Å². The van der Waals surface area contributed by atoms with Crippen molar-refractivity contribution in [3.05, 3.63) is 41.7 Å². The Balaban J connectivity index is 0.00000288. The predicted molar refractivity (Wildman–Crippen MR) is 84.2 cm³/mol. The summed E-state index contributed by atoms with van der Waals surface area (Å²) in [4.78, 5) is 11.9. The van der Waals surface area contributed by atoms with Gasteiger partial charge in [0.05, 0.1) is 17.4 Å². The summed E-state index contributed by atoms with van der Waals surface area (Å²) in [7, 11) is 0. The second-order valence-electron chi connectivity index (χ2n) is 5.73. The van der Waals surface area contributed by atoms with Crippen molar-refractivity contribution in [2.75, 3.05) is 6.54 Å². The average Bonchev–Trinajstić information content (AvgIpc) is 2.93. The third-order valence-corrected chi connectivity index (χ3v) is 2.89. The molecule has 0 saturated heterocycles. The fraction of sp³-hybridized carbons (Fsp3) is 0.357. The Hall–Kier alpha value is -2.13. The van der Waals surface area contributed by atoms with Crippen LogP contribution in [0.1, 0.15) is 29.9 Å². The Bertz CT molecular complexity index is 709. The molecule has 0 aliphatic rings. The third kappa shape index (κ3) is 4.93. The number of carbonyl (C=O) groups excluding carboxylic acids is 1. The summed E-state index contributed by atoms with van der Waals surface area (Å²) in [5.74, 6) is -0.556. The predicted octanol–water partition coefficient (Wildman–Crippen LogP) is 2.18. The summed E-state index contributed by atoms with van der Waals surface area (Å²) < 4.78 is 39.9. The molecule has 24 heavy (non-hydrogen) atoms. The van der Waals surface area contributed by atoms with Crippen LogP contribution in [0.5, 0.6) is 0 Å². The monoisotopic (exact) mass is 363 g/mol. The highest BCUT2D eigenvalue weighted by Gasteiger charge is 2.34. The number of para-hydroxylation sites is 1. The van der Waals surface area contributed by atoms with Gasteiger partial charge in [0.15, 0.2) is 5.69 Å². The van der Waals surface area contributed by atoms with Gasteiger partial charge in [-0.3, -0.25) is 4.79 Å². The summed E-state index contributed by atoms with van der Waals surface area (Å²) in [5.41, 5.74) is 3.97.